The number of aryl methyl sites for hydroxylation is 1. The largest absolute Gasteiger partial charge is 0.457 e. The maximum Gasteiger partial charge on any atom is 0.248 e. The number of carbonyl (C=O) groups is 1. The highest BCUT2D eigenvalue weighted by Crippen LogP contribution is 2.24. The quantitative estimate of drug-likeness (QED) is 0.490. The minimum atomic E-state index is -0.237. The van der Waals surface area contributed by atoms with Crippen LogP contribution in [0.3, 0.4) is 0 Å². The molecule has 4 rings (SSSR count). The average Bonchev–Trinajstić information content (AvgIpc) is 3.21. The van der Waals surface area contributed by atoms with Gasteiger partial charge in [-0.1, -0.05) is 0 Å². The minimum absolute atomic E-state index is 0.237. The lowest BCUT2D eigenvalue weighted by atomic mass is 10.0. The molecule has 0 bridgehead atoms. The zero-order valence-corrected chi connectivity index (χ0v) is 16.3. The molecule has 0 atom stereocenters. The monoisotopic (exact) mass is 397 g/mol. The molecule has 0 saturated heterocycles. The first-order chi connectivity index (χ1) is 14.7. The second-order valence-electron chi connectivity index (χ2n) is 6.50. The number of carbonyl (C=O) groups excluding carboxylic acids is 1. The van der Waals surface area contributed by atoms with Gasteiger partial charge >= 0.3 is 0 Å². The summed E-state index contributed by atoms with van der Waals surface area (Å²) in [4.78, 5) is 20.5. The number of nitrogens with one attached hydrogen (secondary N) is 1. The molecule has 1 N–H and O–H groups in total. The molecule has 148 valence electrons. The number of amides is 1. The summed E-state index contributed by atoms with van der Waals surface area (Å²) in [6, 6.07) is 12.6. The van der Waals surface area contributed by atoms with Gasteiger partial charge in [-0.25, -0.2) is 0 Å². The summed E-state index contributed by atoms with van der Waals surface area (Å²) in [5, 5.41) is 7.04. The van der Waals surface area contributed by atoms with Crippen LogP contribution in [0, 0.1) is 0 Å². The number of ether oxygens (including phenoxy) is 1. The Hall–Kier alpha value is -4.26. The highest BCUT2D eigenvalue weighted by atomic mass is 16.5. The number of hydrogen-bond donors (Lipinski definition) is 1. The van der Waals surface area contributed by atoms with Gasteiger partial charge < -0.3 is 10.1 Å². The molecule has 0 radical (unpaired) electrons. The Morgan fingerprint density at radius 3 is 2.43 bits per heavy atom. The van der Waals surface area contributed by atoms with Crippen molar-refractivity contribution in [1.82, 2.24) is 19.7 Å². The van der Waals surface area contributed by atoms with Crippen molar-refractivity contribution in [1.29, 1.82) is 0 Å². The zero-order chi connectivity index (χ0) is 20.8. The van der Waals surface area contributed by atoms with Crippen molar-refractivity contribution in [3.8, 4) is 22.6 Å². The first-order valence-corrected chi connectivity index (χ1v) is 9.27. The fourth-order valence-corrected chi connectivity index (χ4v) is 2.86. The highest BCUT2D eigenvalue weighted by molar-refractivity contribution is 6.02. The second kappa shape index (κ2) is 8.83. The van der Waals surface area contributed by atoms with Crippen molar-refractivity contribution in [2.45, 2.75) is 0 Å². The second-order valence-corrected chi connectivity index (χ2v) is 6.50. The summed E-state index contributed by atoms with van der Waals surface area (Å²) in [7, 11) is 1.86. The molecule has 0 unspecified atom stereocenters. The maximum absolute atomic E-state index is 12.3. The van der Waals surface area contributed by atoms with Crippen molar-refractivity contribution in [3.63, 3.8) is 0 Å². The normalized spacial score (nSPS) is 10.8. The van der Waals surface area contributed by atoms with Crippen LogP contribution >= 0.6 is 0 Å². The molecule has 7 heteroatoms. The molecule has 0 fully saturated rings. The van der Waals surface area contributed by atoms with Crippen LogP contribution in [0.15, 0.2) is 85.7 Å². The number of hydrogen-bond acceptors (Lipinski definition) is 5. The fourth-order valence-electron chi connectivity index (χ4n) is 2.86. The van der Waals surface area contributed by atoms with Crippen LogP contribution in [0.4, 0.5) is 5.69 Å². The smallest absolute Gasteiger partial charge is 0.248 e. The van der Waals surface area contributed by atoms with E-state index in [0.717, 1.165) is 16.7 Å². The summed E-state index contributed by atoms with van der Waals surface area (Å²) in [5.74, 6) is 1.13. The summed E-state index contributed by atoms with van der Waals surface area (Å²) in [5.41, 5.74) is 3.43. The van der Waals surface area contributed by atoms with Gasteiger partial charge in [0, 0.05) is 60.9 Å². The fraction of sp³-hybridized carbons (Fsp3) is 0.0435. The van der Waals surface area contributed by atoms with Gasteiger partial charge in [-0.2, -0.15) is 5.10 Å². The van der Waals surface area contributed by atoms with Gasteiger partial charge in [-0.05, 0) is 54.1 Å². The van der Waals surface area contributed by atoms with E-state index in [1.54, 1.807) is 78.1 Å². The molecular weight excluding hydrogens is 378 g/mol. The van der Waals surface area contributed by atoms with Crippen molar-refractivity contribution in [2.75, 3.05) is 5.32 Å². The molecule has 4 aromatic rings. The Bertz CT molecular complexity index is 1170. The van der Waals surface area contributed by atoms with E-state index in [1.807, 2.05) is 19.3 Å². The molecule has 0 aliphatic heterocycles. The SMILES string of the molecule is Cn1cc(-c2ccncc2/C=C/C(=O)Nc2ccc(Oc3ccncc3)cc2)cn1. The zero-order valence-electron chi connectivity index (χ0n) is 16.3. The van der Waals surface area contributed by atoms with E-state index < -0.39 is 0 Å². The Kier molecular flexibility index (Phi) is 5.61. The van der Waals surface area contributed by atoms with Crippen molar-refractivity contribution in [3.05, 3.63) is 91.3 Å². The third kappa shape index (κ3) is 4.77. The lowest BCUT2D eigenvalue weighted by Crippen LogP contribution is -2.07. The Balaban J connectivity index is 1.41. The first-order valence-electron chi connectivity index (χ1n) is 9.27. The van der Waals surface area contributed by atoms with Gasteiger partial charge in [0.15, 0.2) is 0 Å². The van der Waals surface area contributed by atoms with Gasteiger partial charge in [0.1, 0.15) is 11.5 Å². The van der Waals surface area contributed by atoms with Gasteiger partial charge in [-0.15, -0.1) is 0 Å². The highest BCUT2D eigenvalue weighted by Gasteiger charge is 2.06. The predicted octanol–water partition coefficient (Wildman–Crippen LogP) is 4.32. The number of pyridine rings is 2. The van der Waals surface area contributed by atoms with E-state index >= 15 is 0 Å². The summed E-state index contributed by atoms with van der Waals surface area (Å²) >= 11 is 0. The van der Waals surface area contributed by atoms with Gasteiger partial charge in [0.25, 0.3) is 0 Å². The lowest BCUT2D eigenvalue weighted by molar-refractivity contribution is -0.111. The van der Waals surface area contributed by atoms with E-state index in [4.69, 9.17) is 4.74 Å². The van der Waals surface area contributed by atoms with Gasteiger partial charge in [0.05, 0.1) is 6.20 Å². The Labute approximate surface area is 173 Å². The van der Waals surface area contributed by atoms with Crippen LogP contribution in [0.25, 0.3) is 17.2 Å². The van der Waals surface area contributed by atoms with Gasteiger partial charge in [-0.3, -0.25) is 19.4 Å². The van der Waals surface area contributed by atoms with E-state index in [-0.39, 0.29) is 5.91 Å². The summed E-state index contributed by atoms with van der Waals surface area (Å²) in [6.07, 6.45) is 13.7. The molecule has 3 aromatic heterocycles. The summed E-state index contributed by atoms with van der Waals surface area (Å²) in [6.45, 7) is 0. The number of nitrogens with zero attached hydrogens (tertiary/aromatic N) is 4. The molecule has 1 aromatic carbocycles. The van der Waals surface area contributed by atoms with E-state index in [2.05, 4.69) is 20.4 Å². The van der Waals surface area contributed by atoms with Crippen molar-refractivity contribution < 1.29 is 9.53 Å². The molecule has 0 aliphatic carbocycles. The first kappa shape index (κ1) is 19.1. The van der Waals surface area contributed by atoms with E-state index in [0.29, 0.717) is 17.2 Å². The number of rotatable bonds is 6. The molecule has 30 heavy (non-hydrogen) atoms. The molecule has 1 amide bonds. The number of aromatic nitrogens is 4. The van der Waals surface area contributed by atoms with Crippen molar-refractivity contribution in [2.24, 2.45) is 7.05 Å². The van der Waals surface area contributed by atoms with E-state index in [1.165, 1.54) is 6.08 Å². The Morgan fingerprint density at radius 2 is 1.70 bits per heavy atom. The maximum atomic E-state index is 12.3. The standard InChI is InChI=1S/C23H19N5O2/c1-28-16-18(15-26-28)22-10-13-25-14-17(22)2-7-23(29)27-19-3-5-20(6-4-19)30-21-8-11-24-12-9-21/h2-16H,1H3,(H,27,29)/b7-2+. The van der Waals surface area contributed by atoms with Crippen LogP contribution in [0.1, 0.15) is 5.56 Å². The molecule has 7 nitrogen and oxygen atoms in total. The predicted molar refractivity (Wildman–Crippen MR) is 115 cm³/mol. The van der Waals surface area contributed by atoms with Gasteiger partial charge in [0.2, 0.25) is 5.91 Å². The molecule has 0 aliphatic rings. The third-order valence-corrected chi connectivity index (χ3v) is 4.29. The molecule has 0 saturated carbocycles. The molecule has 3 heterocycles. The van der Waals surface area contributed by atoms with Crippen LogP contribution in [0.5, 0.6) is 11.5 Å². The number of benzene rings is 1. The lowest BCUT2D eigenvalue weighted by Gasteiger charge is -2.07. The molecule has 0 spiro atoms. The van der Waals surface area contributed by atoms with Crippen LogP contribution < -0.4 is 10.1 Å². The third-order valence-electron chi connectivity index (χ3n) is 4.29. The van der Waals surface area contributed by atoms with E-state index in [9.17, 15) is 4.79 Å². The summed E-state index contributed by atoms with van der Waals surface area (Å²) < 4.78 is 7.45. The number of anilines is 1. The van der Waals surface area contributed by atoms with Crippen LogP contribution in [-0.2, 0) is 11.8 Å². The van der Waals surface area contributed by atoms with Crippen molar-refractivity contribution >= 4 is 17.7 Å². The van der Waals surface area contributed by atoms with Crippen LogP contribution in [-0.4, -0.2) is 25.7 Å². The topological polar surface area (TPSA) is 81.9 Å². The van der Waals surface area contributed by atoms with Crippen LogP contribution in [0.2, 0.25) is 0 Å². The average molecular weight is 397 g/mol. The minimum Gasteiger partial charge on any atom is -0.457 e. The Morgan fingerprint density at radius 1 is 0.967 bits per heavy atom. The molecular formula is C23H19N5O2.